The molecule has 0 spiro atoms. The van der Waals surface area contributed by atoms with Crippen LogP contribution in [0.1, 0.15) is 16.3 Å². The van der Waals surface area contributed by atoms with E-state index in [-0.39, 0.29) is 5.82 Å². The van der Waals surface area contributed by atoms with E-state index in [1.54, 1.807) is 5.51 Å². The number of aromatic amines is 1. The van der Waals surface area contributed by atoms with Gasteiger partial charge in [-0.3, -0.25) is 0 Å². The number of aromatic nitrogens is 4. The molecule has 0 aliphatic rings. The van der Waals surface area contributed by atoms with Gasteiger partial charge in [-0.15, -0.1) is 22.7 Å². The summed E-state index contributed by atoms with van der Waals surface area (Å²) in [5.41, 5.74) is 5.65. The number of aromatic carboxylic acids is 1. The van der Waals surface area contributed by atoms with Crippen molar-refractivity contribution in [3.05, 3.63) is 40.6 Å². The van der Waals surface area contributed by atoms with Crippen molar-refractivity contribution >= 4 is 38.9 Å². The van der Waals surface area contributed by atoms with Gasteiger partial charge in [0.2, 0.25) is 5.82 Å². The molecule has 0 amide bonds. The van der Waals surface area contributed by atoms with Gasteiger partial charge in [-0.05, 0) is 19.1 Å². The smallest absolute Gasteiger partial charge is 0.371 e. The van der Waals surface area contributed by atoms with E-state index >= 15 is 0 Å². The zero-order valence-electron chi connectivity index (χ0n) is 11.9. The van der Waals surface area contributed by atoms with Crippen molar-refractivity contribution in [3.8, 4) is 22.0 Å². The molecule has 4 aromatic rings. The van der Waals surface area contributed by atoms with Crippen LogP contribution in [-0.2, 0) is 0 Å². The van der Waals surface area contributed by atoms with E-state index in [4.69, 9.17) is 0 Å². The van der Waals surface area contributed by atoms with E-state index in [9.17, 15) is 9.90 Å². The van der Waals surface area contributed by atoms with Gasteiger partial charge in [0.25, 0.3) is 0 Å². The summed E-state index contributed by atoms with van der Waals surface area (Å²) in [5.74, 6) is -1.18. The standard InChI is InChI=1S/C15H10N4O2S2/c1-7-5-22-14(17-7)12-11(18-13(19-12)15(20)21)8-2-3-9-10(4-8)23-6-16-9/h2-6H,1H3,(H,18,19)(H,20,21). The Balaban J connectivity index is 1.93. The number of carboxylic acids is 1. The second-order valence-electron chi connectivity index (χ2n) is 4.94. The van der Waals surface area contributed by atoms with Gasteiger partial charge in [0, 0.05) is 16.6 Å². The minimum atomic E-state index is -1.09. The number of carbonyl (C=O) groups is 1. The average Bonchev–Trinajstić information content (AvgIpc) is 3.24. The molecule has 0 atom stereocenters. The van der Waals surface area contributed by atoms with Crippen molar-refractivity contribution in [2.45, 2.75) is 6.92 Å². The van der Waals surface area contributed by atoms with Crippen LogP contribution in [0.2, 0.25) is 0 Å². The van der Waals surface area contributed by atoms with Crippen LogP contribution in [0.5, 0.6) is 0 Å². The Kier molecular flexibility index (Phi) is 3.21. The summed E-state index contributed by atoms with van der Waals surface area (Å²) in [6, 6.07) is 5.78. The third-order valence-corrected chi connectivity index (χ3v) is 5.11. The van der Waals surface area contributed by atoms with E-state index in [0.717, 1.165) is 26.5 Å². The molecule has 0 aliphatic heterocycles. The molecule has 0 bridgehead atoms. The highest BCUT2D eigenvalue weighted by atomic mass is 32.1. The van der Waals surface area contributed by atoms with Crippen molar-refractivity contribution in [1.82, 2.24) is 19.9 Å². The predicted molar refractivity (Wildman–Crippen MR) is 90.0 cm³/mol. The highest BCUT2D eigenvalue weighted by molar-refractivity contribution is 7.16. The van der Waals surface area contributed by atoms with Gasteiger partial charge in [-0.2, -0.15) is 0 Å². The predicted octanol–water partition coefficient (Wildman–Crippen LogP) is 3.82. The molecule has 4 rings (SSSR count). The number of fused-ring (bicyclic) bond motifs is 1. The molecule has 114 valence electrons. The third-order valence-electron chi connectivity index (χ3n) is 3.34. The van der Waals surface area contributed by atoms with Crippen LogP contribution in [0.15, 0.2) is 29.1 Å². The first-order valence-electron chi connectivity index (χ1n) is 6.71. The summed E-state index contributed by atoms with van der Waals surface area (Å²) < 4.78 is 1.03. The number of imidazole rings is 1. The van der Waals surface area contributed by atoms with Crippen molar-refractivity contribution < 1.29 is 9.90 Å². The first-order chi connectivity index (χ1) is 11.1. The summed E-state index contributed by atoms with van der Waals surface area (Å²) in [7, 11) is 0. The van der Waals surface area contributed by atoms with Gasteiger partial charge >= 0.3 is 5.97 Å². The van der Waals surface area contributed by atoms with Crippen LogP contribution in [0.25, 0.3) is 32.2 Å². The highest BCUT2D eigenvalue weighted by Gasteiger charge is 2.20. The monoisotopic (exact) mass is 342 g/mol. The summed E-state index contributed by atoms with van der Waals surface area (Å²) in [6.07, 6.45) is 0. The van der Waals surface area contributed by atoms with Crippen molar-refractivity contribution in [3.63, 3.8) is 0 Å². The van der Waals surface area contributed by atoms with Gasteiger partial charge in [-0.25, -0.2) is 19.7 Å². The van der Waals surface area contributed by atoms with Crippen LogP contribution in [0.4, 0.5) is 0 Å². The zero-order valence-corrected chi connectivity index (χ0v) is 13.5. The van der Waals surface area contributed by atoms with E-state index in [0.29, 0.717) is 11.4 Å². The summed E-state index contributed by atoms with van der Waals surface area (Å²) in [6.45, 7) is 1.90. The maximum Gasteiger partial charge on any atom is 0.371 e. The summed E-state index contributed by atoms with van der Waals surface area (Å²) in [4.78, 5) is 27.1. The van der Waals surface area contributed by atoms with Gasteiger partial charge in [0.05, 0.1) is 21.4 Å². The second-order valence-corrected chi connectivity index (χ2v) is 6.69. The zero-order chi connectivity index (χ0) is 16.0. The number of H-pyrrole nitrogens is 1. The molecule has 23 heavy (non-hydrogen) atoms. The molecular formula is C15H10N4O2S2. The number of carboxylic acid groups (broad SMARTS) is 1. The van der Waals surface area contributed by atoms with Crippen LogP contribution < -0.4 is 0 Å². The molecule has 6 nitrogen and oxygen atoms in total. The van der Waals surface area contributed by atoms with Crippen LogP contribution >= 0.6 is 22.7 Å². The normalized spacial score (nSPS) is 11.2. The fourth-order valence-electron chi connectivity index (χ4n) is 2.31. The largest absolute Gasteiger partial charge is 0.475 e. The van der Waals surface area contributed by atoms with E-state index in [2.05, 4.69) is 19.9 Å². The first-order valence-corrected chi connectivity index (χ1v) is 8.47. The lowest BCUT2D eigenvalue weighted by atomic mass is 10.1. The second kappa shape index (κ2) is 5.25. The van der Waals surface area contributed by atoms with E-state index in [1.165, 1.54) is 22.7 Å². The molecule has 0 aliphatic carbocycles. The lowest BCUT2D eigenvalue weighted by molar-refractivity contribution is 0.0685. The van der Waals surface area contributed by atoms with Crippen LogP contribution in [0.3, 0.4) is 0 Å². The maximum atomic E-state index is 11.3. The molecule has 0 unspecified atom stereocenters. The molecule has 0 saturated heterocycles. The number of nitrogens with one attached hydrogen (secondary N) is 1. The number of rotatable bonds is 3. The molecule has 8 heteroatoms. The van der Waals surface area contributed by atoms with Gasteiger partial charge in [0.1, 0.15) is 10.7 Å². The van der Waals surface area contributed by atoms with Crippen molar-refractivity contribution in [1.29, 1.82) is 0 Å². The maximum absolute atomic E-state index is 11.3. The topological polar surface area (TPSA) is 91.8 Å². The number of nitrogens with zero attached hydrogens (tertiary/aromatic N) is 3. The van der Waals surface area contributed by atoms with E-state index in [1.807, 2.05) is 30.5 Å². The molecule has 0 fully saturated rings. The Morgan fingerprint density at radius 1 is 1.26 bits per heavy atom. The lowest BCUT2D eigenvalue weighted by Crippen LogP contribution is -1.98. The number of hydrogen-bond donors (Lipinski definition) is 2. The summed E-state index contributed by atoms with van der Waals surface area (Å²) >= 11 is 2.99. The van der Waals surface area contributed by atoms with Crippen LogP contribution in [0, 0.1) is 6.92 Å². The highest BCUT2D eigenvalue weighted by Crippen LogP contribution is 2.34. The van der Waals surface area contributed by atoms with Crippen molar-refractivity contribution in [2.24, 2.45) is 0 Å². The average molecular weight is 342 g/mol. The van der Waals surface area contributed by atoms with Gasteiger partial charge in [0.15, 0.2) is 0 Å². The molecule has 2 N–H and O–H groups in total. The molecule has 0 radical (unpaired) electrons. The fourth-order valence-corrected chi connectivity index (χ4v) is 3.82. The molecule has 3 aromatic heterocycles. The number of aryl methyl sites for hydroxylation is 1. The molecule has 0 saturated carbocycles. The Hall–Kier alpha value is -2.58. The third kappa shape index (κ3) is 2.41. The van der Waals surface area contributed by atoms with E-state index < -0.39 is 5.97 Å². The Bertz CT molecular complexity index is 1030. The summed E-state index contributed by atoms with van der Waals surface area (Å²) in [5, 5.41) is 11.9. The minimum absolute atomic E-state index is 0.0905. The number of hydrogen-bond acceptors (Lipinski definition) is 6. The van der Waals surface area contributed by atoms with Crippen molar-refractivity contribution in [2.75, 3.05) is 0 Å². The lowest BCUT2D eigenvalue weighted by Gasteiger charge is -2.00. The Morgan fingerprint density at radius 2 is 2.13 bits per heavy atom. The minimum Gasteiger partial charge on any atom is -0.475 e. The van der Waals surface area contributed by atoms with Crippen LogP contribution in [-0.4, -0.2) is 31.0 Å². The Morgan fingerprint density at radius 3 is 2.87 bits per heavy atom. The number of thiazole rings is 2. The first kappa shape index (κ1) is 14.0. The molecular weight excluding hydrogens is 332 g/mol. The molecule has 3 heterocycles. The SMILES string of the molecule is Cc1csc(-c2[nH]c(C(=O)O)nc2-c2ccc3ncsc3c2)n1. The van der Waals surface area contributed by atoms with Gasteiger partial charge < -0.3 is 10.1 Å². The fraction of sp³-hybridized carbons (Fsp3) is 0.0667. The number of benzene rings is 1. The molecule has 1 aromatic carbocycles. The Labute approximate surface area is 138 Å². The van der Waals surface area contributed by atoms with Gasteiger partial charge in [-0.1, -0.05) is 6.07 Å². The quantitative estimate of drug-likeness (QED) is 0.590.